The van der Waals surface area contributed by atoms with Crippen molar-refractivity contribution in [2.45, 2.75) is 85.5 Å². The van der Waals surface area contributed by atoms with Crippen LogP contribution in [0.3, 0.4) is 0 Å². The van der Waals surface area contributed by atoms with Gasteiger partial charge in [0.2, 0.25) is 0 Å². The number of quaternary nitrogens is 1. The number of amides is 3. The van der Waals surface area contributed by atoms with E-state index in [1.54, 1.807) is 41.5 Å². The summed E-state index contributed by atoms with van der Waals surface area (Å²) in [5.74, 6) is -0.905. The molecule has 2 unspecified atom stereocenters. The smallest absolute Gasteiger partial charge is 0.444 e. The zero-order valence-electron chi connectivity index (χ0n) is 19.5. The van der Waals surface area contributed by atoms with Crippen molar-refractivity contribution in [1.29, 1.82) is 0 Å². The molecule has 172 valence electrons. The SMILES string of the molecule is CC(=O)SCC(CNC(=O)OC(C)(C)C)C(=O)[N+]1(C(=O)OC(C)(C)C)CCC[C@H]1C. The van der Waals surface area contributed by atoms with Crippen molar-refractivity contribution < 1.29 is 33.1 Å². The predicted molar refractivity (Wildman–Crippen MR) is 116 cm³/mol. The molecule has 1 rings (SSSR count). The molecule has 0 aromatic carbocycles. The Balaban J connectivity index is 3.12. The normalized spacial score (nSPS) is 22.9. The number of alkyl carbamates (subject to hydrolysis) is 1. The van der Waals surface area contributed by atoms with E-state index < -0.39 is 33.8 Å². The van der Waals surface area contributed by atoms with Crippen LogP contribution in [0.2, 0.25) is 0 Å². The third kappa shape index (κ3) is 7.58. The second-order valence-corrected chi connectivity index (χ2v) is 11.0. The number of nitrogens with zero attached hydrogens (tertiary/aromatic N) is 1. The number of nitrogens with one attached hydrogen (secondary N) is 1. The number of imide groups is 1. The summed E-state index contributed by atoms with van der Waals surface area (Å²) in [6, 6.07) is -0.237. The Morgan fingerprint density at radius 3 is 2.07 bits per heavy atom. The maximum atomic E-state index is 13.7. The van der Waals surface area contributed by atoms with Gasteiger partial charge in [-0.05, 0) is 48.5 Å². The number of carbonyl (C=O) groups excluding carboxylic acids is 4. The van der Waals surface area contributed by atoms with Crippen LogP contribution in [0.5, 0.6) is 0 Å². The molecule has 0 bridgehead atoms. The summed E-state index contributed by atoms with van der Waals surface area (Å²) in [5.41, 5.74) is -1.41. The Labute approximate surface area is 184 Å². The maximum Gasteiger partial charge on any atom is 0.524 e. The predicted octanol–water partition coefficient (Wildman–Crippen LogP) is 3.87. The van der Waals surface area contributed by atoms with E-state index in [1.165, 1.54) is 6.92 Å². The number of carbonyl (C=O) groups is 4. The minimum Gasteiger partial charge on any atom is -0.444 e. The van der Waals surface area contributed by atoms with E-state index in [9.17, 15) is 19.2 Å². The molecular weight excluding hydrogens is 408 g/mol. The number of hydrogen-bond acceptors (Lipinski definition) is 7. The van der Waals surface area contributed by atoms with Crippen molar-refractivity contribution in [2.24, 2.45) is 5.92 Å². The van der Waals surface area contributed by atoms with Crippen LogP contribution in [-0.4, -0.2) is 63.8 Å². The summed E-state index contributed by atoms with van der Waals surface area (Å²) in [6.45, 7) is 14.1. The highest BCUT2D eigenvalue weighted by molar-refractivity contribution is 8.13. The topological polar surface area (TPSA) is 98.8 Å². The number of rotatable bonds is 5. The van der Waals surface area contributed by atoms with E-state index in [0.29, 0.717) is 6.54 Å². The van der Waals surface area contributed by atoms with Crippen molar-refractivity contribution in [2.75, 3.05) is 18.8 Å². The number of likely N-dealkylation sites (tertiary alicyclic amines) is 1. The largest absolute Gasteiger partial charge is 0.524 e. The number of ether oxygens (including phenoxy) is 2. The van der Waals surface area contributed by atoms with Gasteiger partial charge in [-0.2, -0.15) is 9.28 Å². The summed E-state index contributed by atoms with van der Waals surface area (Å²) >= 11 is 1.00. The molecule has 3 amide bonds. The van der Waals surface area contributed by atoms with Crippen LogP contribution in [0.15, 0.2) is 0 Å². The van der Waals surface area contributed by atoms with Gasteiger partial charge < -0.3 is 14.8 Å². The minimum atomic E-state index is -0.737. The Morgan fingerprint density at radius 1 is 1.07 bits per heavy atom. The van der Waals surface area contributed by atoms with Crippen molar-refractivity contribution in [3.63, 3.8) is 0 Å². The fourth-order valence-corrected chi connectivity index (χ4v) is 4.09. The standard InChI is InChI=1S/C21H36N2O6S/c1-14-10-9-11-23(14,19(27)29-21(6,7)8)17(25)16(13-30-15(2)24)12-22-18(26)28-20(3,4)5/h14,16H,9-13H2,1-8H3/p+1/t14-,16?,23?/m1/s1. The average Bonchev–Trinajstić information content (AvgIpc) is 2.93. The van der Waals surface area contributed by atoms with E-state index in [-0.39, 0.29) is 29.4 Å². The summed E-state index contributed by atoms with van der Waals surface area (Å²) in [4.78, 5) is 50.4. The molecule has 3 atom stereocenters. The lowest BCUT2D eigenvalue weighted by molar-refractivity contribution is -0.795. The quantitative estimate of drug-likeness (QED) is 0.641. The Bertz CT molecular complexity index is 667. The molecule has 1 aliphatic rings. The van der Waals surface area contributed by atoms with Gasteiger partial charge in [0.15, 0.2) is 5.12 Å². The van der Waals surface area contributed by atoms with Crippen LogP contribution in [0.4, 0.5) is 9.59 Å². The van der Waals surface area contributed by atoms with Crippen molar-refractivity contribution >= 4 is 35.0 Å². The zero-order valence-corrected chi connectivity index (χ0v) is 20.3. The molecule has 0 radical (unpaired) electrons. The fraction of sp³-hybridized carbons (Fsp3) is 0.810. The van der Waals surface area contributed by atoms with Gasteiger partial charge in [-0.15, -0.1) is 0 Å². The number of thioether (sulfide) groups is 1. The highest BCUT2D eigenvalue weighted by Crippen LogP contribution is 2.33. The lowest BCUT2D eigenvalue weighted by Crippen LogP contribution is -2.63. The van der Waals surface area contributed by atoms with Gasteiger partial charge in [0.25, 0.3) is 0 Å². The summed E-state index contributed by atoms with van der Waals surface area (Å²) in [7, 11) is 0. The van der Waals surface area contributed by atoms with Gasteiger partial charge >= 0.3 is 18.1 Å². The number of hydrogen-bond donors (Lipinski definition) is 1. The van der Waals surface area contributed by atoms with Crippen LogP contribution in [0, 0.1) is 5.92 Å². The van der Waals surface area contributed by atoms with Gasteiger partial charge in [-0.25, -0.2) is 9.59 Å². The molecule has 9 heteroatoms. The van der Waals surface area contributed by atoms with Crippen LogP contribution < -0.4 is 5.32 Å². The molecule has 0 aromatic heterocycles. The Morgan fingerprint density at radius 2 is 1.63 bits per heavy atom. The van der Waals surface area contributed by atoms with E-state index in [1.807, 2.05) is 6.92 Å². The maximum absolute atomic E-state index is 13.7. The molecular formula is C21H37N2O6S+. The Hall–Kier alpha value is -1.61. The highest BCUT2D eigenvalue weighted by atomic mass is 32.2. The zero-order chi connectivity index (χ0) is 23.3. The molecule has 0 aromatic rings. The second-order valence-electron chi connectivity index (χ2n) is 9.78. The van der Waals surface area contributed by atoms with Gasteiger partial charge in [-0.3, -0.25) is 4.79 Å². The van der Waals surface area contributed by atoms with E-state index in [4.69, 9.17) is 9.47 Å². The lowest BCUT2D eigenvalue weighted by Gasteiger charge is -2.36. The third-order valence-electron chi connectivity index (χ3n) is 4.73. The molecule has 1 heterocycles. The molecule has 1 N–H and O–H groups in total. The van der Waals surface area contributed by atoms with Gasteiger partial charge in [0.05, 0.1) is 6.54 Å². The molecule has 0 aliphatic carbocycles. The molecule has 0 spiro atoms. The summed E-state index contributed by atoms with van der Waals surface area (Å²) in [5, 5.41) is 2.48. The molecule has 1 aliphatic heterocycles. The van der Waals surface area contributed by atoms with Crippen molar-refractivity contribution in [3.8, 4) is 0 Å². The first kappa shape index (κ1) is 26.4. The van der Waals surface area contributed by atoms with Crippen LogP contribution >= 0.6 is 11.8 Å². The third-order valence-corrected chi connectivity index (χ3v) is 5.70. The first-order chi connectivity index (χ1) is 13.6. The van der Waals surface area contributed by atoms with Crippen LogP contribution in [0.1, 0.15) is 68.2 Å². The van der Waals surface area contributed by atoms with Crippen molar-refractivity contribution in [3.05, 3.63) is 0 Å². The van der Waals surface area contributed by atoms with E-state index in [2.05, 4.69) is 5.32 Å². The van der Waals surface area contributed by atoms with E-state index in [0.717, 1.165) is 24.6 Å². The molecule has 1 fully saturated rings. The lowest BCUT2D eigenvalue weighted by atomic mass is 10.1. The van der Waals surface area contributed by atoms with Crippen molar-refractivity contribution in [1.82, 2.24) is 5.32 Å². The fourth-order valence-electron chi connectivity index (χ4n) is 3.39. The monoisotopic (exact) mass is 445 g/mol. The minimum absolute atomic E-state index is 0.0243. The van der Waals surface area contributed by atoms with Crippen LogP contribution in [0.25, 0.3) is 0 Å². The molecule has 8 nitrogen and oxygen atoms in total. The summed E-state index contributed by atoms with van der Waals surface area (Å²) < 4.78 is 10.4. The molecule has 0 saturated carbocycles. The Kier molecular flexibility index (Phi) is 8.92. The highest BCUT2D eigenvalue weighted by Gasteiger charge is 2.56. The first-order valence-corrected chi connectivity index (χ1v) is 11.3. The molecule has 30 heavy (non-hydrogen) atoms. The van der Waals surface area contributed by atoms with Gasteiger partial charge in [0, 0.05) is 32.1 Å². The molecule has 1 saturated heterocycles. The second kappa shape index (κ2) is 10.1. The average molecular weight is 446 g/mol. The van der Waals surface area contributed by atoms with Crippen LogP contribution in [-0.2, 0) is 19.1 Å². The first-order valence-electron chi connectivity index (χ1n) is 10.3. The summed E-state index contributed by atoms with van der Waals surface area (Å²) in [6.07, 6.45) is 0.217. The van der Waals surface area contributed by atoms with Gasteiger partial charge in [0.1, 0.15) is 23.2 Å². The van der Waals surface area contributed by atoms with E-state index >= 15 is 0 Å². The van der Waals surface area contributed by atoms with Gasteiger partial charge in [-0.1, -0.05) is 11.8 Å².